The van der Waals surface area contributed by atoms with Gasteiger partial charge in [0.25, 0.3) is 5.56 Å². The fourth-order valence-corrected chi connectivity index (χ4v) is 7.62. The number of hydrogen-bond acceptors (Lipinski definition) is 4. The largest absolute Gasteiger partial charge is 0.481 e. The highest BCUT2D eigenvalue weighted by atomic mass is 19.4. The van der Waals surface area contributed by atoms with Crippen LogP contribution in [0, 0.1) is 43.7 Å². The van der Waals surface area contributed by atoms with Crippen LogP contribution in [0.3, 0.4) is 0 Å². The lowest BCUT2D eigenvalue weighted by Gasteiger charge is -2.56. The Bertz CT molecular complexity index is 1820. The van der Waals surface area contributed by atoms with E-state index in [4.69, 9.17) is 0 Å². The van der Waals surface area contributed by atoms with Gasteiger partial charge in [-0.3, -0.25) is 14.4 Å². The molecule has 1 spiro atoms. The number of aromatic nitrogens is 1. The molecule has 5 rings (SSSR count). The molecule has 12 heteroatoms. The molecule has 2 aromatic carbocycles. The lowest BCUT2D eigenvalue weighted by atomic mass is 9.63. The van der Waals surface area contributed by atoms with Crippen LogP contribution in [-0.2, 0) is 22.2 Å². The third-order valence-corrected chi connectivity index (χ3v) is 10.2. The Morgan fingerprint density at radius 3 is 2.18 bits per heavy atom. The van der Waals surface area contributed by atoms with Gasteiger partial charge in [0.05, 0.1) is 18.0 Å². The predicted octanol–water partition coefficient (Wildman–Crippen LogP) is 7.69. The second-order valence-corrected chi connectivity index (χ2v) is 14.6. The van der Waals surface area contributed by atoms with Gasteiger partial charge in [-0.25, -0.2) is 8.78 Å². The Morgan fingerprint density at radius 2 is 1.64 bits per heavy atom. The maximum absolute atomic E-state index is 16.4. The number of likely N-dealkylation sites (tertiary alicyclic amines) is 1. The van der Waals surface area contributed by atoms with E-state index in [9.17, 15) is 32.7 Å². The zero-order valence-electron chi connectivity index (χ0n) is 29.0. The highest BCUT2D eigenvalue weighted by Gasteiger charge is 2.47. The number of amides is 1. The fourth-order valence-electron chi connectivity index (χ4n) is 7.62. The van der Waals surface area contributed by atoms with E-state index in [1.165, 1.54) is 13.0 Å². The number of nitrogens with one attached hydrogen (secondary N) is 1. The molecule has 270 valence electrons. The number of halogens is 5. The van der Waals surface area contributed by atoms with Crippen molar-refractivity contribution in [1.29, 1.82) is 0 Å². The van der Waals surface area contributed by atoms with E-state index < -0.39 is 64.9 Å². The van der Waals surface area contributed by atoms with E-state index in [2.05, 4.69) is 10.2 Å². The van der Waals surface area contributed by atoms with Crippen LogP contribution in [0.5, 0.6) is 0 Å². The van der Waals surface area contributed by atoms with Crippen LogP contribution in [-0.4, -0.2) is 46.1 Å². The highest BCUT2D eigenvalue weighted by molar-refractivity contribution is 5.82. The molecule has 1 aliphatic heterocycles. The molecule has 3 aromatic rings. The van der Waals surface area contributed by atoms with Crippen LogP contribution >= 0.6 is 0 Å². The summed E-state index contributed by atoms with van der Waals surface area (Å²) >= 11 is 0. The molecular weight excluding hydrogens is 657 g/mol. The summed E-state index contributed by atoms with van der Waals surface area (Å²) in [6.07, 6.45) is -1.29. The van der Waals surface area contributed by atoms with Gasteiger partial charge in [-0.15, -0.1) is 0 Å². The van der Waals surface area contributed by atoms with Gasteiger partial charge in [0.15, 0.2) is 0 Å². The smallest absolute Gasteiger partial charge is 0.416 e. The lowest BCUT2D eigenvalue weighted by molar-refractivity contribution is -0.139. The Labute approximate surface area is 288 Å². The summed E-state index contributed by atoms with van der Waals surface area (Å²) in [5.74, 6) is -4.71. The van der Waals surface area contributed by atoms with E-state index in [1.54, 1.807) is 45.9 Å². The Morgan fingerprint density at radius 1 is 1.00 bits per heavy atom. The third kappa shape index (κ3) is 7.65. The van der Waals surface area contributed by atoms with Gasteiger partial charge in [0.2, 0.25) is 5.91 Å². The number of carboxylic acid groups (broad SMARTS) is 1. The summed E-state index contributed by atoms with van der Waals surface area (Å²) in [6, 6.07) is 4.04. The SMILES string of the molecule is Cc1cc(-c2c(C)cccc2C)c(F)c(C(CC(=O)O)NC(=O)C(CC(C)C)n2cc(CCN3CC4(CCC4)C3)c(C(F)(F)F)cc2=O)c1F. The van der Waals surface area contributed by atoms with Gasteiger partial charge >= 0.3 is 12.1 Å². The average molecular weight is 702 g/mol. The number of pyridine rings is 1. The number of carbonyl (C=O) groups is 2. The van der Waals surface area contributed by atoms with Gasteiger partial charge < -0.3 is 19.9 Å². The summed E-state index contributed by atoms with van der Waals surface area (Å²) < 4.78 is 75.7. The van der Waals surface area contributed by atoms with Crippen LogP contribution in [0.1, 0.15) is 91.4 Å². The standard InChI is InChI=1S/C38H44F5N3O4/c1-21(2)14-29(46-18-25(27(16-30(46)47)38(41,42)43)10-13-45-19-37(20-45)11-7-12-37)36(50)44-28(17-31(48)49)33-34(39)24(5)15-26(35(33)40)32-22(3)8-6-9-23(32)4/h6,8-9,15-16,18,21,28-29H,7,10-14,17,19-20H2,1-5H3,(H,44,50)(H,48,49). The Balaban J connectivity index is 1.52. The van der Waals surface area contributed by atoms with Crippen molar-refractivity contribution in [2.24, 2.45) is 11.3 Å². The van der Waals surface area contributed by atoms with E-state index in [0.717, 1.165) is 43.1 Å². The summed E-state index contributed by atoms with van der Waals surface area (Å²) in [7, 11) is 0. The van der Waals surface area contributed by atoms with Crippen molar-refractivity contribution in [2.75, 3.05) is 19.6 Å². The number of aliphatic carboxylic acids is 1. The summed E-state index contributed by atoms with van der Waals surface area (Å²) in [6.45, 7) is 10.4. The Hall–Kier alpha value is -4.06. The second kappa shape index (κ2) is 14.3. The zero-order chi connectivity index (χ0) is 36.7. The molecule has 1 aliphatic carbocycles. The minimum atomic E-state index is -4.81. The number of nitrogens with zero attached hydrogens (tertiary/aromatic N) is 2. The molecule has 1 saturated heterocycles. The maximum atomic E-state index is 16.4. The molecule has 2 N–H and O–H groups in total. The summed E-state index contributed by atoms with van der Waals surface area (Å²) in [4.78, 5) is 41.5. The van der Waals surface area contributed by atoms with Crippen molar-refractivity contribution in [3.63, 3.8) is 0 Å². The molecule has 1 amide bonds. The molecule has 1 aromatic heterocycles. The van der Waals surface area contributed by atoms with E-state index in [0.29, 0.717) is 29.3 Å². The minimum Gasteiger partial charge on any atom is -0.481 e. The zero-order valence-corrected chi connectivity index (χ0v) is 29.0. The van der Waals surface area contributed by atoms with Crippen molar-refractivity contribution >= 4 is 11.9 Å². The number of benzene rings is 2. The first-order chi connectivity index (χ1) is 23.4. The van der Waals surface area contributed by atoms with Gasteiger partial charge in [-0.1, -0.05) is 38.5 Å². The molecule has 2 aliphatic rings. The van der Waals surface area contributed by atoms with Crippen molar-refractivity contribution in [3.8, 4) is 11.1 Å². The quantitative estimate of drug-likeness (QED) is 0.189. The van der Waals surface area contributed by atoms with Gasteiger partial charge in [-0.2, -0.15) is 13.2 Å². The molecule has 1 saturated carbocycles. The highest BCUT2D eigenvalue weighted by Crippen LogP contribution is 2.48. The lowest BCUT2D eigenvalue weighted by Crippen LogP contribution is -2.59. The van der Waals surface area contributed by atoms with Crippen molar-refractivity contribution < 1.29 is 36.6 Å². The summed E-state index contributed by atoms with van der Waals surface area (Å²) in [5.41, 5.74) is -0.719. The minimum absolute atomic E-state index is 0.0102. The van der Waals surface area contributed by atoms with Crippen LogP contribution < -0.4 is 10.9 Å². The molecular formula is C38H44F5N3O4. The fraction of sp³-hybridized carbons (Fsp3) is 0.500. The maximum Gasteiger partial charge on any atom is 0.416 e. The van der Waals surface area contributed by atoms with E-state index in [-0.39, 0.29) is 40.9 Å². The molecule has 0 bridgehead atoms. The number of carbonyl (C=O) groups excluding carboxylic acids is 1. The number of rotatable bonds is 12. The van der Waals surface area contributed by atoms with Crippen LogP contribution in [0.15, 0.2) is 41.3 Å². The number of hydrogen-bond donors (Lipinski definition) is 2. The number of carboxylic acids is 1. The van der Waals surface area contributed by atoms with Gasteiger partial charge in [0, 0.05) is 43.0 Å². The van der Waals surface area contributed by atoms with Gasteiger partial charge in [-0.05, 0) is 91.7 Å². The van der Waals surface area contributed by atoms with E-state index >= 15 is 8.78 Å². The molecule has 7 nitrogen and oxygen atoms in total. The normalized spacial score (nSPS) is 16.9. The van der Waals surface area contributed by atoms with Crippen molar-refractivity contribution in [1.82, 2.24) is 14.8 Å². The molecule has 2 atom stereocenters. The monoisotopic (exact) mass is 701 g/mol. The molecule has 2 fully saturated rings. The van der Waals surface area contributed by atoms with Crippen molar-refractivity contribution in [3.05, 3.63) is 91.9 Å². The first-order valence-corrected chi connectivity index (χ1v) is 17.0. The molecule has 50 heavy (non-hydrogen) atoms. The van der Waals surface area contributed by atoms with Crippen LogP contribution in [0.25, 0.3) is 11.1 Å². The van der Waals surface area contributed by atoms with Crippen LogP contribution in [0.2, 0.25) is 0 Å². The van der Waals surface area contributed by atoms with E-state index in [1.807, 2.05) is 0 Å². The summed E-state index contributed by atoms with van der Waals surface area (Å²) in [5, 5.41) is 12.3. The van der Waals surface area contributed by atoms with Gasteiger partial charge in [0.1, 0.15) is 17.7 Å². The van der Waals surface area contributed by atoms with Crippen molar-refractivity contribution in [2.45, 2.75) is 91.4 Å². The topological polar surface area (TPSA) is 91.6 Å². The molecule has 2 unspecified atom stereocenters. The average Bonchev–Trinajstić information content (AvgIpc) is 2.96. The first-order valence-electron chi connectivity index (χ1n) is 17.0. The number of aryl methyl sites for hydroxylation is 3. The predicted molar refractivity (Wildman–Crippen MR) is 180 cm³/mol. The second-order valence-electron chi connectivity index (χ2n) is 14.6. The molecule has 0 radical (unpaired) electrons. The number of alkyl halides is 3. The van der Waals surface area contributed by atoms with Crippen LogP contribution in [0.4, 0.5) is 22.0 Å². The third-order valence-electron chi connectivity index (χ3n) is 10.2. The Kier molecular flexibility index (Phi) is 10.6. The molecule has 2 heterocycles. The first kappa shape index (κ1) is 37.2.